The highest BCUT2D eigenvalue weighted by atomic mass is 79.9. The van der Waals surface area contributed by atoms with Crippen molar-refractivity contribution in [2.24, 2.45) is 0 Å². The summed E-state index contributed by atoms with van der Waals surface area (Å²) in [4.78, 5) is 0.357. The highest BCUT2D eigenvalue weighted by Crippen LogP contribution is 2.39. The summed E-state index contributed by atoms with van der Waals surface area (Å²) in [5, 5.41) is 10.5. The minimum atomic E-state index is -3.44. The molecular formula is C14H18BrNO3S. The first-order valence-corrected chi connectivity index (χ1v) is 9.45. The number of benzene rings is 1. The molecule has 2 aliphatic heterocycles. The van der Waals surface area contributed by atoms with Crippen molar-refractivity contribution < 1.29 is 13.5 Å². The Balaban J connectivity index is 1.92. The molecule has 1 aromatic rings. The van der Waals surface area contributed by atoms with Gasteiger partial charge < -0.3 is 5.11 Å². The fourth-order valence-corrected chi connectivity index (χ4v) is 5.64. The molecule has 2 bridgehead atoms. The Morgan fingerprint density at radius 2 is 1.70 bits per heavy atom. The average Bonchev–Trinajstić information content (AvgIpc) is 2.72. The van der Waals surface area contributed by atoms with E-state index in [-0.39, 0.29) is 18.2 Å². The van der Waals surface area contributed by atoms with Crippen molar-refractivity contribution in [2.75, 3.05) is 0 Å². The van der Waals surface area contributed by atoms with E-state index in [2.05, 4.69) is 15.9 Å². The molecule has 1 aromatic carbocycles. The van der Waals surface area contributed by atoms with E-state index in [0.29, 0.717) is 23.1 Å². The van der Waals surface area contributed by atoms with E-state index in [4.69, 9.17) is 0 Å². The van der Waals surface area contributed by atoms with Gasteiger partial charge in [-0.2, -0.15) is 4.31 Å². The number of hydrogen-bond acceptors (Lipinski definition) is 3. The number of nitrogens with zero attached hydrogens (tertiary/aromatic N) is 1. The molecule has 0 spiro atoms. The van der Waals surface area contributed by atoms with Crippen molar-refractivity contribution in [2.45, 2.75) is 54.1 Å². The Bertz CT molecular complexity index is 573. The average molecular weight is 360 g/mol. The summed E-state index contributed by atoms with van der Waals surface area (Å²) in [5.41, 5.74) is 1.06. The third-order valence-corrected chi connectivity index (χ3v) is 6.96. The van der Waals surface area contributed by atoms with Crippen LogP contribution in [0.5, 0.6) is 0 Å². The summed E-state index contributed by atoms with van der Waals surface area (Å²) in [6, 6.07) is 6.95. The van der Waals surface area contributed by atoms with Gasteiger partial charge in [0.05, 0.1) is 11.0 Å². The number of fused-ring (bicyclic) bond motifs is 2. The molecule has 0 radical (unpaired) electrons. The van der Waals surface area contributed by atoms with E-state index in [1.54, 1.807) is 16.4 Å². The summed E-state index contributed by atoms with van der Waals surface area (Å²) in [7, 11) is -3.44. The first-order valence-electron chi connectivity index (χ1n) is 6.89. The molecule has 2 fully saturated rings. The molecule has 1 N–H and O–H groups in total. The fourth-order valence-electron chi connectivity index (χ4n) is 3.37. The Morgan fingerprint density at radius 1 is 1.15 bits per heavy atom. The zero-order valence-corrected chi connectivity index (χ0v) is 13.5. The fraction of sp³-hybridized carbons (Fsp3) is 0.571. The van der Waals surface area contributed by atoms with Gasteiger partial charge in [0.1, 0.15) is 0 Å². The lowest BCUT2D eigenvalue weighted by molar-refractivity contribution is 0.0769. The van der Waals surface area contributed by atoms with Crippen molar-refractivity contribution >= 4 is 26.0 Å². The molecule has 0 aromatic heterocycles. The minimum absolute atomic E-state index is 0.0374. The van der Waals surface area contributed by atoms with Crippen molar-refractivity contribution in [3.63, 3.8) is 0 Å². The second-order valence-electron chi connectivity index (χ2n) is 5.62. The van der Waals surface area contributed by atoms with Gasteiger partial charge in [-0.1, -0.05) is 28.1 Å². The number of sulfonamides is 1. The highest BCUT2D eigenvalue weighted by molar-refractivity contribution is 9.08. The van der Waals surface area contributed by atoms with Crippen LogP contribution in [-0.4, -0.2) is 36.0 Å². The molecule has 6 heteroatoms. The van der Waals surface area contributed by atoms with E-state index < -0.39 is 10.0 Å². The minimum Gasteiger partial charge on any atom is -0.393 e. The lowest BCUT2D eigenvalue weighted by Gasteiger charge is -2.36. The molecule has 2 atom stereocenters. The zero-order chi connectivity index (χ0) is 14.3. The first-order chi connectivity index (χ1) is 9.52. The van der Waals surface area contributed by atoms with E-state index in [1.165, 1.54) is 0 Å². The number of halogens is 1. The summed E-state index contributed by atoms with van der Waals surface area (Å²) in [6.07, 6.45) is 2.50. The van der Waals surface area contributed by atoms with Crippen LogP contribution in [0.25, 0.3) is 0 Å². The summed E-state index contributed by atoms with van der Waals surface area (Å²) >= 11 is 3.36. The molecule has 2 saturated heterocycles. The lowest BCUT2D eigenvalue weighted by atomic mass is 10.0. The van der Waals surface area contributed by atoms with Crippen molar-refractivity contribution in [1.82, 2.24) is 4.31 Å². The Kier molecular flexibility index (Phi) is 3.92. The Labute approximate surface area is 128 Å². The number of hydrogen-bond donors (Lipinski definition) is 1. The van der Waals surface area contributed by atoms with E-state index in [9.17, 15) is 13.5 Å². The third kappa shape index (κ3) is 2.43. The quantitative estimate of drug-likeness (QED) is 0.842. The van der Waals surface area contributed by atoms with Crippen LogP contribution in [0.4, 0.5) is 0 Å². The van der Waals surface area contributed by atoms with Gasteiger partial charge in [-0.3, -0.25) is 0 Å². The van der Waals surface area contributed by atoms with E-state index in [1.807, 2.05) is 12.1 Å². The van der Waals surface area contributed by atoms with Gasteiger partial charge in [-0.25, -0.2) is 8.42 Å². The largest absolute Gasteiger partial charge is 0.393 e. The van der Waals surface area contributed by atoms with Crippen LogP contribution >= 0.6 is 15.9 Å². The molecule has 0 aliphatic carbocycles. The smallest absolute Gasteiger partial charge is 0.243 e. The van der Waals surface area contributed by atoms with Gasteiger partial charge in [0.15, 0.2) is 0 Å². The second kappa shape index (κ2) is 5.40. The predicted molar refractivity (Wildman–Crippen MR) is 80.1 cm³/mol. The maximum atomic E-state index is 12.8. The first kappa shape index (κ1) is 14.5. The van der Waals surface area contributed by atoms with Gasteiger partial charge in [0.2, 0.25) is 10.0 Å². The molecule has 3 rings (SSSR count). The second-order valence-corrected chi connectivity index (χ2v) is 8.03. The maximum Gasteiger partial charge on any atom is 0.243 e. The van der Waals surface area contributed by atoms with Crippen LogP contribution in [0.3, 0.4) is 0 Å². The summed E-state index contributed by atoms with van der Waals surface area (Å²) < 4.78 is 27.2. The topological polar surface area (TPSA) is 57.6 Å². The number of aliphatic hydroxyl groups excluding tert-OH is 1. The molecule has 110 valence electrons. The van der Waals surface area contributed by atoms with Crippen LogP contribution < -0.4 is 0 Å². The van der Waals surface area contributed by atoms with Gasteiger partial charge >= 0.3 is 0 Å². The molecule has 0 amide bonds. The molecule has 4 nitrogen and oxygen atoms in total. The van der Waals surface area contributed by atoms with Crippen LogP contribution in [0.2, 0.25) is 0 Å². The van der Waals surface area contributed by atoms with Crippen molar-refractivity contribution in [3.8, 4) is 0 Å². The summed E-state index contributed by atoms with van der Waals surface area (Å²) in [6.45, 7) is 0. The predicted octanol–water partition coefficient (Wildman–Crippen LogP) is 2.26. The van der Waals surface area contributed by atoms with Gasteiger partial charge in [0.25, 0.3) is 0 Å². The van der Waals surface area contributed by atoms with E-state index in [0.717, 1.165) is 18.4 Å². The molecular weight excluding hydrogens is 342 g/mol. The molecule has 2 heterocycles. The van der Waals surface area contributed by atoms with Crippen LogP contribution in [-0.2, 0) is 15.4 Å². The SMILES string of the molecule is O=S(=O)(c1ccc(CBr)cc1)N1C2CCC1CC(O)C2. The lowest BCUT2D eigenvalue weighted by Crippen LogP contribution is -2.47. The van der Waals surface area contributed by atoms with E-state index >= 15 is 0 Å². The van der Waals surface area contributed by atoms with Gasteiger partial charge in [-0.05, 0) is 43.4 Å². The van der Waals surface area contributed by atoms with Crippen LogP contribution in [0.1, 0.15) is 31.2 Å². The molecule has 2 unspecified atom stereocenters. The monoisotopic (exact) mass is 359 g/mol. The van der Waals surface area contributed by atoms with Crippen LogP contribution in [0.15, 0.2) is 29.2 Å². The normalized spacial score (nSPS) is 30.6. The van der Waals surface area contributed by atoms with Gasteiger partial charge in [-0.15, -0.1) is 0 Å². The van der Waals surface area contributed by atoms with Gasteiger partial charge in [0, 0.05) is 17.4 Å². The Morgan fingerprint density at radius 3 is 2.20 bits per heavy atom. The standard InChI is InChI=1S/C14H18BrNO3S/c15-9-10-1-5-14(6-2-10)20(18,19)16-11-3-4-12(16)8-13(17)7-11/h1-2,5-6,11-13,17H,3-4,7-9H2. The van der Waals surface area contributed by atoms with Crippen molar-refractivity contribution in [1.29, 1.82) is 0 Å². The highest BCUT2D eigenvalue weighted by Gasteiger charge is 2.46. The molecule has 20 heavy (non-hydrogen) atoms. The zero-order valence-electron chi connectivity index (χ0n) is 11.1. The molecule has 2 aliphatic rings. The molecule has 0 saturated carbocycles. The number of alkyl halides is 1. The Hall–Kier alpha value is -0.430. The number of aliphatic hydroxyl groups is 1. The summed E-state index contributed by atoms with van der Waals surface area (Å²) in [5.74, 6) is 0. The van der Waals surface area contributed by atoms with Crippen molar-refractivity contribution in [3.05, 3.63) is 29.8 Å². The maximum absolute atomic E-state index is 12.8. The number of rotatable bonds is 3. The van der Waals surface area contributed by atoms with Crippen LogP contribution in [0, 0.1) is 0 Å². The number of piperidine rings is 1. The third-order valence-electron chi connectivity index (χ3n) is 4.29.